The summed E-state index contributed by atoms with van der Waals surface area (Å²) in [5, 5.41) is 18.8. The van der Waals surface area contributed by atoms with Crippen molar-refractivity contribution in [3.63, 3.8) is 0 Å². The third-order valence-corrected chi connectivity index (χ3v) is 2.73. The van der Waals surface area contributed by atoms with E-state index in [1.165, 1.54) is 12.1 Å². The number of aliphatic carboxylic acids is 1. The van der Waals surface area contributed by atoms with E-state index in [-0.39, 0.29) is 11.5 Å². The quantitative estimate of drug-likeness (QED) is 0.709. The number of rotatable bonds is 3. The molecule has 2 rings (SSSR count). The molecule has 4 N–H and O–H groups in total. The Morgan fingerprint density at radius 2 is 1.96 bits per heavy atom. The van der Waals surface area contributed by atoms with Gasteiger partial charge >= 0.3 is 12.1 Å². The normalized spacial score (nSPS) is 10.3. The average molecular weight is 371 g/mol. The second kappa shape index (κ2) is 8.61. The van der Waals surface area contributed by atoms with Crippen molar-refractivity contribution in [1.29, 1.82) is 5.26 Å². The predicted molar refractivity (Wildman–Crippen MR) is 84.4 cm³/mol. The predicted octanol–water partition coefficient (Wildman–Crippen LogP) is 2.80. The molecule has 0 radical (unpaired) electrons. The number of nitrogen functional groups attached to an aromatic ring is 1. The monoisotopic (exact) mass is 371 g/mol. The summed E-state index contributed by atoms with van der Waals surface area (Å²) in [6.07, 6.45) is -5.08. The summed E-state index contributed by atoms with van der Waals surface area (Å²) in [6, 6.07) is 7.75. The Kier molecular flexibility index (Phi) is 6.83. The van der Waals surface area contributed by atoms with Crippen LogP contribution in [0.5, 0.6) is 0 Å². The van der Waals surface area contributed by atoms with E-state index in [2.05, 4.69) is 15.3 Å². The molecule has 0 bridgehead atoms. The minimum Gasteiger partial charge on any atom is -0.475 e. The second-order valence-corrected chi connectivity index (χ2v) is 4.64. The van der Waals surface area contributed by atoms with E-state index in [0.717, 1.165) is 0 Å². The van der Waals surface area contributed by atoms with Crippen molar-refractivity contribution in [1.82, 2.24) is 9.97 Å². The lowest BCUT2D eigenvalue weighted by Gasteiger charge is -2.07. The van der Waals surface area contributed by atoms with Crippen LogP contribution in [0.2, 0.25) is 0 Å². The summed E-state index contributed by atoms with van der Waals surface area (Å²) >= 11 is 0. The van der Waals surface area contributed by atoms with Gasteiger partial charge in [-0.2, -0.15) is 23.4 Å². The summed E-state index contributed by atoms with van der Waals surface area (Å²) in [4.78, 5) is 17.0. The molecule has 0 unspecified atom stereocenters. The van der Waals surface area contributed by atoms with E-state index in [9.17, 15) is 17.6 Å². The number of nitrogens with one attached hydrogen (secondary N) is 1. The molecule has 11 heteroatoms. The summed E-state index contributed by atoms with van der Waals surface area (Å²) < 4.78 is 45.3. The molecule has 1 aromatic heterocycles. The highest BCUT2D eigenvalue weighted by atomic mass is 19.4. The van der Waals surface area contributed by atoms with E-state index >= 15 is 0 Å². The van der Waals surface area contributed by atoms with Gasteiger partial charge in [0.2, 0.25) is 5.95 Å². The number of hydrogen-bond acceptors (Lipinski definition) is 6. The van der Waals surface area contributed by atoms with Crippen LogP contribution in [-0.4, -0.2) is 33.8 Å². The van der Waals surface area contributed by atoms with Crippen LogP contribution in [0, 0.1) is 17.1 Å². The van der Waals surface area contributed by atoms with Crippen molar-refractivity contribution < 1.29 is 27.5 Å². The molecule has 1 heterocycles. The minimum atomic E-state index is -5.08. The summed E-state index contributed by atoms with van der Waals surface area (Å²) in [7, 11) is 0. The topological polar surface area (TPSA) is 125 Å². The number of alkyl halides is 3. The fourth-order valence-corrected chi connectivity index (χ4v) is 1.65. The molecule has 0 aliphatic heterocycles. The Morgan fingerprint density at radius 1 is 1.35 bits per heavy atom. The summed E-state index contributed by atoms with van der Waals surface area (Å²) in [6.45, 7) is 2.62. The van der Waals surface area contributed by atoms with Gasteiger partial charge in [0.1, 0.15) is 17.7 Å². The van der Waals surface area contributed by atoms with Crippen LogP contribution in [0.25, 0.3) is 11.3 Å². The van der Waals surface area contributed by atoms with E-state index in [4.69, 9.17) is 20.9 Å². The Morgan fingerprint density at radius 3 is 2.42 bits per heavy atom. The molecule has 1 aromatic carbocycles. The van der Waals surface area contributed by atoms with Crippen molar-refractivity contribution >= 4 is 17.7 Å². The fourth-order valence-electron chi connectivity index (χ4n) is 1.65. The van der Waals surface area contributed by atoms with Gasteiger partial charge < -0.3 is 16.2 Å². The molecule has 0 aliphatic carbocycles. The molecule has 0 amide bonds. The summed E-state index contributed by atoms with van der Waals surface area (Å²) in [5.41, 5.74) is 6.66. The van der Waals surface area contributed by atoms with Crippen molar-refractivity contribution in [2.75, 3.05) is 17.6 Å². The number of aromatic nitrogens is 2. The fraction of sp³-hybridized carbons (Fsp3) is 0.200. The van der Waals surface area contributed by atoms with Gasteiger partial charge in [-0.3, -0.25) is 0 Å². The van der Waals surface area contributed by atoms with E-state index < -0.39 is 18.0 Å². The van der Waals surface area contributed by atoms with Gasteiger partial charge in [-0.05, 0) is 19.1 Å². The molecule has 0 atom stereocenters. The third-order valence-electron chi connectivity index (χ3n) is 2.73. The Bertz CT molecular complexity index is 834. The average Bonchev–Trinajstić information content (AvgIpc) is 2.54. The Balaban J connectivity index is 0.000000412. The first kappa shape index (κ1) is 20.6. The van der Waals surface area contributed by atoms with Gasteiger partial charge in [-0.25, -0.2) is 14.2 Å². The van der Waals surface area contributed by atoms with Gasteiger partial charge in [0, 0.05) is 18.2 Å². The minimum absolute atomic E-state index is 0.00214. The molecule has 0 aliphatic rings. The SMILES string of the molecule is CCNc1cc(-c2ccc(C#N)c(F)c2)nc(N)n1.O=C(O)C(F)(F)F. The van der Waals surface area contributed by atoms with E-state index in [0.29, 0.717) is 23.6 Å². The molecule has 0 saturated heterocycles. The number of halogens is 4. The number of benzene rings is 1. The first-order valence-corrected chi connectivity index (χ1v) is 6.97. The van der Waals surface area contributed by atoms with Crippen LogP contribution in [0.4, 0.5) is 29.3 Å². The molecule has 0 fully saturated rings. The highest BCUT2D eigenvalue weighted by molar-refractivity contribution is 5.73. The van der Waals surface area contributed by atoms with Crippen molar-refractivity contribution in [2.24, 2.45) is 0 Å². The second-order valence-electron chi connectivity index (χ2n) is 4.64. The van der Waals surface area contributed by atoms with E-state index in [1.54, 1.807) is 18.2 Å². The van der Waals surface area contributed by atoms with Crippen LogP contribution in [0.3, 0.4) is 0 Å². The van der Waals surface area contributed by atoms with Gasteiger partial charge in [0.15, 0.2) is 0 Å². The number of carbonyl (C=O) groups is 1. The molecule has 26 heavy (non-hydrogen) atoms. The van der Waals surface area contributed by atoms with Gasteiger partial charge in [0.05, 0.1) is 11.3 Å². The zero-order valence-electron chi connectivity index (χ0n) is 13.3. The molecular weight excluding hydrogens is 358 g/mol. The van der Waals surface area contributed by atoms with Crippen LogP contribution < -0.4 is 11.1 Å². The maximum absolute atomic E-state index is 13.6. The van der Waals surface area contributed by atoms with E-state index in [1.807, 2.05) is 6.92 Å². The van der Waals surface area contributed by atoms with Crippen LogP contribution >= 0.6 is 0 Å². The number of nitrogens with zero attached hydrogens (tertiary/aromatic N) is 3. The standard InChI is InChI=1S/C13H12FN5.C2HF3O2/c1-2-17-12-6-11(18-13(16)19-12)8-3-4-9(7-15)10(14)5-8;3-2(4,5)1(6)7/h3-6H,2H2,1H3,(H3,16,17,18,19);(H,6,7). The lowest BCUT2D eigenvalue weighted by atomic mass is 10.1. The highest BCUT2D eigenvalue weighted by Crippen LogP contribution is 2.22. The molecule has 2 aromatic rings. The highest BCUT2D eigenvalue weighted by Gasteiger charge is 2.38. The number of hydrogen-bond donors (Lipinski definition) is 3. The first-order valence-electron chi connectivity index (χ1n) is 6.97. The molecule has 7 nitrogen and oxygen atoms in total. The Hall–Kier alpha value is -3.42. The number of nitriles is 1. The van der Waals surface area contributed by atoms with Crippen molar-refractivity contribution in [3.8, 4) is 17.3 Å². The van der Waals surface area contributed by atoms with Gasteiger partial charge in [0.25, 0.3) is 0 Å². The van der Waals surface area contributed by atoms with Crippen LogP contribution in [0.1, 0.15) is 12.5 Å². The number of carboxylic acid groups (broad SMARTS) is 1. The number of nitrogens with two attached hydrogens (primary N) is 1. The molecule has 0 spiro atoms. The van der Waals surface area contributed by atoms with Gasteiger partial charge in [-0.15, -0.1) is 0 Å². The zero-order chi connectivity index (χ0) is 19.9. The first-order chi connectivity index (χ1) is 12.1. The van der Waals surface area contributed by atoms with Gasteiger partial charge in [-0.1, -0.05) is 6.07 Å². The smallest absolute Gasteiger partial charge is 0.475 e. The largest absolute Gasteiger partial charge is 0.490 e. The maximum Gasteiger partial charge on any atom is 0.490 e. The number of anilines is 2. The Labute approximate surface area is 145 Å². The van der Waals surface area contributed by atoms with Crippen LogP contribution in [-0.2, 0) is 4.79 Å². The lowest BCUT2D eigenvalue weighted by molar-refractivity contribution is -0.192. The number of carboxylic acids is 1. The molecular formula is C15H13F4N5O2. The van der Waals surface area contributed by atoms with Crippen molar-refractivity contribution in [3.05, 3.63) is 35.6 Å². The summed E-state index contributed by atoms with van der Waals surface area (Å²) in [5.74, 6) is -2.65. The maximum atomic E-state index is 13.6. The molecule has 0 saturated carbocycles. The zero-order valence-corrected chi connectivity index (χ0v) is 13.3. The molecule has 138 valence electrons. The lowest BCUT2D eigenvalue weighted by Crippen LogP contribution is -2.21. The van der Waals surface area contributed by atoms with Crippen LogP contribution in [0.15, 0.2) is 24.3 Å². The van der Waals surface area contributed by atoms with Crippen molar-refractivity contribution in [2.45, 2.75) is 13.1 Å². The third kappa shape index (κ3) is 5.90.